The van der Waals surface area contributed by atoms with Gasteiger partial charge in [0.05, 0.1) is 11.9 Å². The van der Waals surface area contributed by atoms with Crippen LogP contribution in [0.4, 0.5) is 0 Å². The van der Waals surface area contributed by atoms with E-state index in [1.54, 1.807) is 0 Å². The molecule has 2 aromatic rings. The van der Waals surface area contributed by atoms with Crippen molar-refractivity contribution in [1.29, 1.82) is 0 Å². The number of H-pyrrole nitrogens is 1. The molecule has 0 saturated carbocycles. The second-order valence-electron chi connectivity index (χ2n) is 7.76. The molecule has 1 amide bonds. The molecule has 1 aliphatic heterocycles. The summed E-state index contributed by atoms with van der Waals surface area (Å²) in [7, 11) is 0. The number of aromatic amines is 1. The minimum atomic E-state index is -0.363. The predicted octanol–water partition coefficient (Wildman–Crippen LogP) is 3.11. The maximum Gasteiger partial charge on any atom is 0.329 e. The van der Waals surface area contributed by atoms with Gasteiger partial charge in [0.1, 0.15) is 4.83 Å². The molecule has 0 radical (unpaired) electrons. The lowest BCUT2D eigenvalue weighted by atomic mass is 9.96. The lowest BCUT2D eigenvalue weighted by molar-refractivity contribution is -0.131. The molecular weight excluding hydrogens is 362 g/mol. The van der Waals surface area contributed by atoms with Gasteiger partial charge in [-0.3, -0.25) is 19.1 Å². The van der Waals surface area contributed by atoms with Crippen molar-refractivity contribution >= 4 is 27.5 Å². The summed E-state index contributed by atoms with van der Waals surface area (Å²) >= 11 is 1.44. The smallest absolute Gasteiger partial charge is 0.329 e. The average molecular weight is 388 g/mol. The Bertz CT molecular complexity index is 1040. The van der Waals surface area contributed by atoms with Crippen LogP contribution in [0.15, 0.2) is 21.2 Å². The summed E-state index contributed by atoms with van der Waals surface area (Å²) in [4.78, 5) is 44.2. The van der Waals surface area contributed by atoms with Gasteiger partial charge in [-0.2, -0.15) is 0 Å². The second-order valence-corrected chi connectivity index (χ2v) is 8.86. The topological polar surface area (TPSA) is 75.2 Å². The van der Waals surface area contributed by atoms with Gasteiger partial charge < -0.3 is 4.90 Å². The fraction of sp³-hybridized carbons (Fsp3) is 0.550. The van der Waals surface area contributed by atoms with Crippen LogP contribution in [0.3, 0.4) is 0 Å². The second kappa shape index (κ2) is 7.11. The first-order valence-corrected chi connectivity index (χ1v) is 10.5. The number of hydrogen-bond donors (Lipinski definition) is 1. The number of hydrogen-bond acceptors (Lipinski definition) is 4. The molecule has 3 heterocycles. The number of aromatic nitrogens is 2. The first kappa shape index (κ1) is 18.2. The van der Waals surface area contributed by atoms with Crippen LogP contribution in [0.5, 0.6) is 0 Å². The van der Waals surface area contributed by atoms with Crippen LogP contribution >= 0.6 is 11.3 Å². The predicted molar refractivity (Wildman–Crippen MR) is 107 cm³/mol. The summed E-state index contributed by atoms with van der Waals surface area (Å²) in [5.41, 5.74) is 1.69. The summed E-state index contributed by atoms with van der Waals surface area (Å²) in [5.74, 6) is 0.166. The van der Waals surface area contributed by atoms with E-state index in [4.69, 9.17) is 0 Å². The summed E-state index contributed by atoms with van der Waals surface area (Å²) < 4.78 is 1.28. The van der Waals surface area contributed by atoms with Crippen LogP contribution in [0.25, 0.3) is 10.2 Å². The van der Waals surface area contributed by atoms with Gasteiger partial charge in [-0.1, -0.05) is 11.6 Å². The number of carbonyl (C=O) groups is 1. The zero-order chi connectivity index (χ0) is 19.1. The first-order valence-electron chi connectivity index (χ1n) is 9.70. The fourth-order valence-corrected chi connectivity index (χ4v) is 5.39. The highest BCUT2D eigenvalue weighted by atomic mass is 32.1. The fourth-order valence-electron chi connectivity index (χ4n) is 4.14. The van der Waals surface area contributed by atoms with Crippen LogP contribution in [0, 0.1) is 0 Å². The van der Waals surface area contributed by atoms with Gasteiger partial charge in [0.25, 0.3) is 5.56 Å². The number of nitrogens with one attached hydrogen (secondary N) is 1. The molecule has 27 heavy (non-hydrogen) atoms. The van der Waals surface area contributed by atoms with Crippen LogP contribution in [0.2, 0.25) is 0 Å². The standard InChI is InChI=1S/C20H25N3O3S/c1-12(2)23-19(25)17-14-8-9-22(11-15(14)27-18(17)21-20(23)26)16(24)10-13-6-4-3-5-7-13/h6,12H,3-5,7-11H2,1-2H3,(H,21,26). The Kier molecular flexibility index (Phi) is 4.80. The Morgan fingerprint density at radius 3 is 2.78 bits per heavy atom. The molecule has 2 aromatic heterocycles. The van der Waals surface area contributed by atoms with Gasteiger partial charge in [-0.25, -0.2) is 4.79 Å². The molecule has 0 bridgehead atoms. The Hall–Kier alpha value is -2.15. The Balaban J connectivity index is 1.63. The van der Waals surface area contributed by atoms with Crippen molar-refractivity contribution in [2.45, 2.75) is 65.0 Å². The highest BCUT2D eigenvalue weighted by Gasteiger charge is 2.27. The van der Waals surface area contributed by atoms with Gasteiger partial charge in [0, 0.05) is 23.9 Å². The number of thiophene rings is 1. The van der Waals surface area contributed by atoms with Crippen LogP contribution < -0.4 is 11.2 Å². The Morgan fingerprint density at radius 1 is 1.26 bits per heavy atom. The van der Waals surface area contributed by atoms with E-state index in [0.29, 0.717) is 36.1 Å². The van der Waals surface area contributed by atoms with E-state index in [1.807, 2.05) is 18.7 Å². The molecule has 2 aliphatic rings. The minimum absolute atomic E-state index is 0.166. The molecular formula is C20H25N3O3S. The third-order valence-electron chi connectivity index (χ3n) is 5.56. The number of rotatable bonds is 3. The average Bonchev–Trinajstić information content (AvgIpc) is 2.99. The van der Waals surface area contributed by atoms with E-state index in [-0.39, 0.29) is 23.2 Å². The third kappa shape index (κ3) is 3.29. The molecule has 1 aliphatic carbocycles. The molecule has 4 rings (SSSR count). The number of allylic oxidation sites excluding steroid dienone is 1. The zero-order valence-corrected chi connectivity index (χ0v) is 16.7. The number of amides is 1. The van der Waals surface area contributed by atoms with Gasteiger partial charge >= 0.3 is 5.69 Å². The molecule has 0 saturated heterocycles. The van der Waals surface area contributed by atoms with Crippen molar-refractivity contribution in [2.75, 3.05) is 6.54 Å². The maximum absolute atomic E-state index is 12.9. The van der Waals surface area contributed by atoms with Crippen LogP contribution in [0.1, 0.15) is 62.4 Å². The van der Waals surface area contributed by atoms with Crippen molar-refractivity contribution in [3.05, 3.63) is 42.9 Å². The molecule has 0 aromatic carbocycles. The first-order chi connectivity index (χ1) is 13.0. The summed E-state index contributed by atoms with van der Waals surface area (Å²) in [6, 6.07) is -0.188. The number of fused-ring (bicyclic) bond motifs is 3. The van der Waals surface area contributed by atoms with Crippen molar-refractivity contribution in [3.8, 4) is 0 Å². The molecule has 1 N–H and O–H groups in total. The Morgan fingerprint density at radius 2 is 2.07 bits per heavy atom. The van der Waals surface area contributed by atoms with E-state index in [9.17, 15) is 14.4 Å². The molecule has 0 unspecified atom stereocenters. The number of nitrogens with zero attached hydrogens (tertiary/aromatic N) is 2. The quantitative estimate of drug-likeness (QED) is 0.823. The maximum atomic E-state index is 12.9. The monoisotopic (exact) mass is 387 g/mol. The molecule has 7 heteroatoms. The summed E-state index contributed by atoms with van der Waals surface area (Å²) in [5, 5.41) is 0.630. The SMILES string of the molecule is CC(C)n1c(=O)[nH]c2sc3c(c2c1=O)CCN(C(=O)CC1=CCCCC1)C3. The molecule has 0 fully saturated rings. The molecule has 0 spiro atoms. The summed E-state index contributed by atoms with van der Waals surface area (Å²) in [6.45, 7) is 4.83. The summed E-state index contributed by atoms with van der Waals surface area (Å²) in [6.07, 6.45) is 7.90. The van der Waals surface area contributed by atoms with Crippen molar-refractivity contribution in [2.24, 2.45) is 0 Å². The van der Waals surface area contributed by atoms with Gasteiger partial charge in [-0.05, 0) is 51.5 Å². The lowest BCUT2D eigenvalue weighted by Crippen LogP contribution is -2.37. The van der Waals surface area contributed by atoms with Crippen molar-refractivity contribution in [1.82, 2.24) is 14.5 Å². The molecule has 6 nitrogen and oxygen atoms in total. The zero-order valence-electron chi connectivity index (χ0n) is 15.8. The normalized spacial score (nSPS) is 17.3. The van der Waals surface area contributed by atoms with E-state index < -0.39 is 0 Å². The number of carbonyl (C=O) groups excluding carboxylic acids is 1. The molecule has 0 atom stereocenters. The van der Waals surface area contributed by atoms with Gasteiger partial charge in [0.15, 0.2) is 0 Å². The van der Waals surface area contributed by atoms with Crippen LogP contribution in [-0.2, 0) is 17.8 Å². The Labute approximate surface area is 161 Å². The highest BCUT2D eigenvalue weighted by molar-refractivity contribution is 7.18. The third-order valence-corrected chi connectivity index (χ3v) is 6.69. The van der Waals surface area contributed by atoms with Gasteiger partial charge in [0.2, 0.25) is 5.91 Å². The lowest BCUT2D eigenvalue weighted by Gasteiger charge is -2.28. The van der Waals surface area contributed by atoms with E-state index in [0.717, 1.165) is 23.3 Å². The van der Waals surface area contributed by atoms with E-state index >= 15 is 0 Å². The van der Waals surface area contributed by atoms with Crippen molar-refractivity contribution in [3.63, 3.8) is 0 Å². The van der Waals surface area contributed by atoms with Gasteiger partial charge in [-0.15, -0.1) is 11.3 Å². The minimum Gasteiger partial charge on any atom is -0.337 e. The molecule has 144 valence electrons. The highest BCUT2D eigenvalue weighted by Crippen LogP contribution is 2.32. The van der Waals surface area contributed by atoms with Crippen LogP contribution in [-0.4, -0.2) is 26.9 Å². The van der Waals surface area contributed by atoms with E-state index in [1.165, 1.54) is 34.3 Å². The van der Waals surface area contributed by atoms with Crippen molar-refractivity contribution < 1.29 is 4.79 Å². The van der Waals surface area contributed by atoms with E-state index in [2.05, 4.69) is 11.1 Å². The largest absolute Gasteiger partial charge is 0.337 e.